The van der Waals surface area contributed by atoms with E-state index in [1.165, 1.54) is 0 Å². The van der Waals surface area contributed by atoms with E-state index in [9.17, 15) is 13.2 Å². The lowest BCUT2D eigenvalue weighted by Gasteiger charge is -2.12. The number of aliphatic imine (C=N–C) groups is 1. The van der Waals surface area contributed by atoms with Crippen molar-refractivity contribution in [2.45, 2.75) is 26.1 Å². The quantitative estimate of drug-likeness (QED) is 0.638. The smallest absolute Gasteiger partial charge is 0.357 e. The summed E-state index contributed by atoms with van der Waals surface area (Å²) in [7, 11) is 0. The second kappa shape index (κ2) is 7.60. The summed E-state index contributed by atoms with van der Waals surface area (Å²) in [6, 6.07) is 5.44. The first-order valence-electron chi connectivity index (χ1n) is 6.00. The summed E-state index contributed by atoms with van der Waals surface area (Å²) in [4.78, 5) is 8.26. The van der Waals surface area contributed by atoms with Gasteiger partial charge < -0.3 is 10.6 Å². The van der Waals surface area contributed by atoms with Gasteiger partial charge in [-0.05, 0) is 19.1 Å². The first kappa shape index (κ1) is 15.3. The number of pyridine rings is 1. The third kappa shape index (κ3) is 7.28. The van der Waals surface area contributed by atoms with Gasteiger partial charge in [-0.2, -0.15) is 13.2 Å². The molecular formula is C12H17F3N4. The fourth-order valence-corrected chi connectivity index (χ4v) is 1.32. The molecule has 0 amide bonds. The average molecular weight is 274 g/mol. The van der Waals surface area contributed by atoms with Crippen molar-refractivity contribution < 1.29 is 13.2 Å². The standard InChI is InChI=1S/C12H17F3N4/c1-2-16-11(18-8-6-12(13,14)15)19-9-10-5-3-4-7-17-10/h3-5,7H,2,6,8-9H2,1H3,(H2,16,18,19). The van der Waals surface area contributed by atoms with Gasteiger partial charge in [-0.3, -0.25) is 4.98 Å². The lowest BCUT2D eigenvalue weighted by Crippen LogP contribution is -2.38. The Morgan fingerprint density at radius 3 is 2.68 bits per heavy atom. The highest BCUT2D eigenvalue weighted by Gasteiger charge is 2.26. The molecule has 106 valence electrons. The fourth-order valence-electron chi connectivity index (χ4n) is 1.32. The number of nitrogens with one attached hydrogen (secondary N) is 2. The van der Waals surface area contributed by atoms with Crippen LogP contribution in [0.1, 0.15) is 19.0 Å². The predicted molar refractivity (Wildman–Crippen MR) is 67.7 cm³/mol. The normalized spacial score (nSPS) is 12.3. The van der Waals surface area contributed by atoms with Gasteiger partial charge in [-0.25, -0.2) is 4.99 Å². The van der Waals surface area contributed by atoms with Crippen LogP contribution in [0.15, 0.2) is 29.4 Å². The Bertz CT molecular complexity index is 390. The summed E-state index contributed by atoms with van der Waals surface area (Å²) in [6.45, 7) is 2.56. The minimum Gasteiger partial charge on any atom is -0.357 e. The van der Waals surface area contributed by atoms with Gasteiger partial charge in [-0.15, -0.1) is 0 Å². The molecule has 7 heteroatoms. The zero-order valence-electron chi connectivity index (χ0n) is 10.7. The van der Waals surface area contributed by atoms with Crippen LogP contribution in [0.3, 0.4) is 0 Å². The van der Waals surface area contributed by atoms with Crippen molar-refractivity contribution in [3.8, 4) is 0 Å². The molecule has 0 saturated heterocycles. The van der Waals surface area contributed by atoms with Crippen molar-refractivity contribution in [3.05, 3.63) is 30.1 Å². The molecule has 0 unspecified atom stereocenters. The van der Waals surface area contributed by atoms with Crippen LogP contribution in [-0.2, 0) is 6.54 Å². The molecule has 0 spiro atoms. The summed E-state index contributed by atoms with van der Waals surface area (Å²) in [5.41, 5.74) is 0.760. The van der Waals surface area contributed by atoms with Gasteiger partial charge in [0.15, 0.2) is 5.96 Å². The molecule has 1 aromatic rings. The van der Waals surface area contributed by atoms with E-state index in [-0.39, 0.29) is 6.54 Å². The number of halogens is 3. The zero-order valence-corrected chi connectivity index (χ0v) is 10.7. The van der Waals surface area contributed by atoms with Crippen LogP contribution in [0.4, 0.5) is 13.2 Å². The van der Waals surface area contributed by atoms with E-state index < -0.39 is 12.6 Å². The van der Waals surface area contributed by atoms with Crippen molar-refractivity contribution in [2.24, 2.45) is 4.99 Å². The second-order valence-electron chi connectivity index (χ2n) is 3.81. The summed E-state index contributed by atoms with van der Waals surface area (Å²) in [5, 5.41) is 5.52. The molecule has 4 nitrogen and oxygen atoms in total. The summed E-state index contributed by atoms with van der Waals surface area (Å²) in [6.07, 6.45) is -3.40. The molecular weight excluding hydrogens is 257 g/mol. The molecule has 19 heavy (non-hydrogen) atoms. The predicted octanol–water partition coefficient (Wildman–Crippen LogP) is 2.09. The average Bonchev–Trinajstić information content (AvgIpc) is 2.36. The Morgan fingerprint density at radius 1 is 1.32 bits per heavy atom. The molecule has 0 aliphatic heterocycles. The molecule has 0 saturated carbocycles. The molecule has 0 atom stereocenters. The number of alkyl halides is 3. The van der Waals surface area contributed by atoms with Crippen LogP contribution in [0, 0.1) is 0 Å². The molecule has 1 heterocycles. The summed E-state index contributed by atoms with van der Waals surface area (Å²) in [5.74, 6) is 0.359. The molecule has 0 aliphatic carbocycles. The van der Waals surface area contributed by atoms with Crippen LogP contribution in [-0.4, -0.2) is 30.2 Å². The van der Waals surface area contributed by atoms with E-state index in [4.69, 9.17) is 0 Å². The van der Waals surface area contributed by atoms with Gasteiger partial charge >= 0.3 is 6.18 Å². The minimum atomic E-state index is -4.16. The van der Waals surface area contributed by atoms with Gasteiger partial charge in [0.05, 0.1) is 18.7 Å². The largest absolute Gasteiger partial charge is 0.390 e. The molecule has 0 aliphatic rings. The van der Waals surface area contributed by atoms with E-state index in [0.717, 1.165) is 5.69 Å². The van der Waals surface area contributed by atoms with E-state index in [1.54, 1.807) is 12.3 Å². The Morgan fingerprint density at radius 2 is 2.11 bits per heavy atom. The summed E-state index contributed by atoms with van der Waals surface area (Å²) >= 11 is 0. The number of aromatic nitrogens is 1. The number of hydrogen-bond acceptors (Lipinski definition) is 2. The molecule has 2 N–H and O–H groups in total. The number of hydrogen-bond donors (Lipinski definition) is 2. The van der Waals surface area contributed by atoms with Crippen molar-refractivity contribution >= 4 is 5.96 Å². The Kier molecular flexibility index (Phi) is 6.11. The van der Waals surface area contributed by atoms with E-state index in [0.29, 0.717) is 19.0 Å². The Labute approximate surface area is 110 Å². The van der Waals surface area contributed by atoms with Crippen LogP contribution in [0.5, 0.6) is 0 Å². The maximum absolute atomic E-state index is 12.0. The SMILES string of the molecule is CCNC(=NCc1ccccn1)NCCC(F)(F)F. The van der Waals surface area contributed by atoms with Crippen molar-refractivity contribution in [2.75, 3.05) is 13.1 Å². The second-order valence-corrected chi connectivity index (χ2v) is 3.81. The highest BCUT2D eigenvalue weighted by molar-refractivity contribution is 5.79. The van der Waals surface area contributed by atoms with Gasteiger partial charge in [0.25, 0.3) is 0 Å². The van der Waals surface area contributed by atoms with E-state index in [2.05, 4.69) is 20.6 Å². The molecule has 0 aromatic carbocycles. The van der Waals surface area contributed by atoms with Crippen molar-refractivity contribution in [1.82, 2.24) is 15.6 Å². The van der Waals surface area contributed by atoms with Crippen molar-refractivity contribution in [1.29, 1.82) is 0 Å². The first-order valence-corrected chi connectivity index (χ1v) is 6.00. The van der Waals surface area contributed by atoms with Crippen LogP contribution >= 0.6 is 0 Å². The Hall–Kier alpha value is -1.79. The summed E-state index contributed by atoms with van der Waals surface area (Å²) < 4.78 is 36.1. The van der Waals surface area contributed by atoms with Crippen molar-refractivity contribution in [3.63, 3.8) is 0 Å². The fraction of sp³-hybridized carbons (Fsp3) is 0.500. The third-order valence-electron chi connectivity index (χ3n) is 2.17. The zero-order chi connectivity index (χ0) is 14.1. The first-order chi connectivity index (χ1) is 9.01. The number of guanidine groups is 1. The minimum absolute atomic E-state index is 0.197. The number of rotatable bonds is 5. The highest BCUT2D eigenvalue weighted by atomic mass is 19.4. The number of nitrogens with zero attached hydrogens (tertiary/aromatic N) is 2. The molecule has 0 radical (unpaired) electrons. The third-order valence-corrected chi connectivity index (χ3v) is 2.17. The lowest BCUT2D eigenvalue weighted by molar-refractivity contribution is -0.132. The molecule has 0 fully saturated rings. The highest BCUT2D eigenvalue weighted by Crippen LogP contribution is 2.17. The molecule has 0 bridgehead atoms. The van der Waals surface area contributed by atoms with E-state index in [1.807, 2.05) is 19.1 Å². The van der Waals surface area contributed by atoms with E-state index >= 15 is 0 Å². The maximum Gasteiger partial charge on any atom is 0.390 e. The van der Waals surface area contributed by atoms with Gasteiger partial charge in [-0.1, -0.05) is 6.07 Å². The Balaban J connectivity index is 2.47. The van der Waals surface area contributed by atoms with Crippen LogP contribution < -0.4 is 10.6 Å². The molecule has 1 rings (SSSR count). The van der Waals surface area contributed by atoms with Gasteiger partial charge in [0, 0.05) is 19.3 Å². The van der Waals surface area contributed by atoms with Gasteiger partial charge in [0.1, 0.15) is 0 Å². The maximum atomic E-state index is 12.0. The van der Waals surface area contributed by atoms with Crippen LogP contribution in [0.25, 0.3) is 0 Å². The van der Waals surface area contributed by atoms with Gasteiger partial charge in [0.2, 0.25) is 0 Å². The topological polar surface area (TPSA) is 49.3 Å². The molecule has 1 aromatic heterocycles. The monoisotopic (exact) mass is 274 g/mol. The lowest BCUT2D eigenvalue weighted by atomic mass is 10.3. The van der Waals surface area contributed by atoms with Crippen LogP contribution in [0.2, 0.25) is 0 Å².